The molecule has 1 aromatic rings. The highest BCUT2D eigenvalue weighted by Crippen LogP contribution is 2.33. The van der Waals surface area contributed by atoms with E-state index < -0.39 is 0 Å². The lowest BCUT2D eigenvalue weighted by Crippen LogP contribution is -2.43. The van der Waals surface area contributed by atoms with Crippen LogP contribution in [-0.2, 0) is 6.54 Å². The molecule has 3 rings (SSSR count). The van der Waals surface area contributed by atoms with Crippen molar-refractivity contribution in [3.05, 3.63) is 34.7 Å². The highest BCUT2D eigenvalue weighted by Gasteiger charge is 2.34. The number of nitrogens with one attached hydrogen (secondary N) is 1. The van der Waals surface area contributed by atoms with Crippen molar-refractivity contribution < 1.29 is 0 Å². The molecule has 2 aliphatic rings. The molecule has 4 nitrogen and oxygen atoms in total. The molecule has 110 valence electrons. The average Bonchev–Trinajstić information content (AvgIpc) is 3.26. The highest BCUT2D eigenvalue weighted by atomic mass is 16.1. The lowest BCUT2D eigenvalue weighted by atomic mass is 10.1. The summed E-state index contributed by atoms with van der Waals surface area (Å²) < 4.78 is 1.82. The maximum Gasteiger partial charge on any atom is 0.250 e. The molecule has 1 saturated carbocycles. The van der Waals surface area contributed by atoms with Crippen molar-refractivity contribution in [2.24, 2.45) is 5.92 Å². The van der Waals surface area contributed by atoms with Crippen LogP contribution in [0.1, 0.15) is 26.2 Å². The largest absolute Gasteiger partial charge is 0.314 e. The van der Waals surface area contributed by atoms with Gasteiger partial charge in [-0.3, -0.25) is 9.69 Å². The van der Waals surface area contributed by atoms with Gasteiger partial charge in [-0.15, -0.1) is 0 Å². The van der Waals surface area contributed by atoms with Crippen LogP contribution in [-0.4, -0.2) is 41.2 Å². The zero-order valence-electron chi connectivity index (χ0n) is 12.3. The van der Waals surface area contributed by atoms with Gasteiger partial charge in [0, 0.05) is 44.0 Å². The van der Waals surface area contributed by atoms with Crippen molar-refractivity contribution >= 4 is 0 Å². The summed E-state index contributed by atoms with van der Waals surface area (Å²) in [6.07, 6.45) is 5.87. The first-order chi connectivity index (χ1) is 9.74. The molecule has 1 saturated heterocycles. The average molecular weight is 275 g/mol. The lowest BCUT2D eigenvalue weighted by Gasteiger charge is -2.29. The van der Waals surface area contributed by atoms with E-state index in [2.05, 4.69) is 17.1 Å². The summed E-state index contributed by atoms with van der Waals surface area (Å²) in [6, 6.07) is 6.64. The third-order valence-electron chi connectivity index (χ3n) is 4.74. The van der Waals surface area contributed by atoms with Gasteiger partial charge < -0.3 is 9.88 Å². The number of hydrogen-bond donors (Lipinski definition) is 1. The first-order valence-electron chi connectivity index (χ1n) is 7.87. The number of pyridine rings is 1. The Labute approximate surface area is 120 Å². The first-order valence-corrected chi connectivity index (χ1v) is 7.87. The van der Waals surface area contributed by atoms with Crippen molar-refractivity contribution in [2.75, 3.05) is 19.6 Å². The zero-order chi connectivity index (χ0) is 13.9. The van der Waals surface area contributed by atoms with Crippen LogP contribution in [0.3, 0.4) is 0 Å². The SMILES string of the molecule is CC1CCNC(C2CC2)CN1CCn1ccccc1=O. The standard InChI is InChI=1S/C16H25N3O/c1-13-7-8-17-15(14-5-6-14)12-19(13)11-10-18-9-3-2-4-16(18)20/h2-4,9,13-15,17H,5-8,10-12H2,1H3. The summed E-state index contributed by atoms with van der Waals surface area (Å²) in [6.45, 7) is 6.33. The van der Waals surface area contributed by atoms with E-state index in [1.54, 1.807) is 12.1 Å². The monoisotopic (exact) mass is 275 g/mol. The topological polar surface area (TPSA) is 37.3 Å². The summed E-state index contributed by atoms with van der Waals surface area (Å²) in [5.74, 6) is 0.891. The summed E-state index contributed by atoms with van der Waals surface area (Å²) in [5, 5.41) is 3.70. The second-order valence-electron chi connectivity index (χ2n) is 6.26. The van der Waals surface area contributed by atoms with E-state index in [4.69, 9.17) is 0 Å². The molecule has 0 amide bonds. The van der Waals surface area contributed by atoms with Gasteiger partial charge in [0.05, 0.1) is 0 Å². The number of hydrogen-bond acceptors (Lipinski definition) is 3. The van der Waals surface area contributed by atoms with E-state index >= 15 is 0 Å². The Morgan fingerprint density at radius 3 is 2.85 bits per heavy atom. The van der Waals surface area contributed by atoms with Crippen LogP contribution < -0.4 is 10.9 Å². The van der Waals surface area contributed by atoms with Crippen molar-refractivity contribution in [1.82, 2.24) is 14.8 Å². The normalized spacial score (nSPS) is 28.2. The molecule has 0 bridgehead atoms. The van der Waals surface area contributed by atoms with Crippen LogP contribution >= 0.6 is 0 Å². The molecule has 1 N–H and O–H groups in total. The summed E-state index contributed by atoms with van der Waals surface area (Å²) >= 11 is 0. The Morgan fingerprint density at radius 1 is 1.25 bits per heavy atom. The minimum Gasteiger partial charge on any atom is -0.314 e. The van der Waals surface area contributed by atoms with Crippen LogP contribution in [0, 0.1) is 5.92 Å². The zero-order valence-corrected chi connectivity index (χ0v) is 12.3. The maximum atomic E-state index is 11.8. The fourth-order valence-corrected chi connectivity index (χ4v) is 3.16. The van der Waals surface area contributed by atoms with E-state index in [-0.39, 0.29) is 5.56 Å². The smallest absolute Gasteiger partial charge is 0.250 e. The van der Waals surface area contributed by atoms with Crippen LogP contribution in [0.2, 0.25) is 0 Å². The molecule has 20 heavy (non-hydrogen) atoms. The number of rotatable bonds is 4. The van der Waals surface area contributed by atoms with E-state index in [1.165, 1.54) is 19.3 Å². The molecule has 2 atom stereocenters. The van der Waals surface area contributed by atoms with Crippen molar-refractivity contribution in [3.8, 4) is 0 Å². The predicted octanol–water partition coefficient (Wildman–Crippen LogP) is 1.31. The van der Waals surface area contributed by atoms with Crippen LogP contribution in [0.25, 0.3) is 0 Å². The van der Waals surface area contributed by atoms with E-state index in [1.807, 2.05) is 16.8 Å². The summed E-state index contributed by atoms with van der Waals surface area (Å²) in [7, 11) is 0. The van der Waals surface area contributed by atoms with E-state index in [0.29, 0.717) is 12.1 Å². The minimum atomic E-state index is 0.104. The van der Waals surface area contributed by atoms with Gasteiger partial charge in [-0.05, 0) is 44.7 Å². The molecule has 2 heterocycles. The first kappa shape index (κ1) is 13.8. The molecule has 1 aliphatic carbocycles. The Kier molecular flexibility index (Phi) is 4.22. The fourth-order valence-electron chi connectivity index (χ4n) is 3.16. The Bertz CT molecular complexity index is 494. The summed E-state index contributed by atoms with van der Waals surface area (Å²) in [5.41, 5.74) is 0.104. The van der Waals surface area contributed by atoms with E-state index in [9.17, 15) is 4.79 Å². The van der Waals surface area contributed by atoms with Gasteiger partial charge in [0.25, 0.3) is 5.56 Å². The van der Waals surface area contributed by atoms with Crippen LogP contribution in [0.4, 0.5) is 0 Å². The molecule has 0 radical (unpaired) electrons. The van der Waals surface area contributed by atoms with Gasteiger partial charge in [0.2, 0.25) is 0 Å². The number of aromatic nitrogens is 1. The van der Waals surface area contributed by atoms with Crippen LogP contribution in [0.5, 0.6) is 0 Å². The van der Waals surface area contributed by atoms with Crippen molar-refractivity contribution in [1.29, 1.82) is 0 Å². The van der Waals surface area contributed by atoms with Crippen molar-refractivity contribution in [2.45, 2.75) is 44.8 Å². The molecular weight excluding hydrogens is 250 g/mol. The van der Waals surface area contributed by atoms with Gasteiger partial charge in [0.1, 0.15) is 0 Å². The fraction of sp³-hybridized carbons (Fsp3) is 0.688. The van der Waals surface area contributed by atoms with Crippen molar-refractivity contribution in [3.63, 3.8) is 0 Å². The van der Waals surface area contributed by atoms with Gasteiger partial charge in [0.15, 0.2) is 0 Å². The second kappa shape index (κ2) is 6.10. The second-order valence-corrected chi connectivity index (χ2v) is 6.26. The molecule has 0 spiro atoms. The minimum absolute atomic E-state index is 0.104. The van der Waals surface area contributed by atoms with Gasteiger partial charge in [-0.25, -0.2) is 0 Å². The summed E-state index contributed by atoms with van der Waals surface area (Å²) in [4.78, 5) is 14.3. The Morgan fingerprint density at radius 2 is 2.10 bits per heavy atom. The quantitative estimate of drug-likeness (QED) is 0.900. The molecule has 4 heteroatoms. The molecule has 2 fully saturated rings. The van der Waals surface area contributed by atoms with E-state index in [0.717, 1.165) is 32.1 Å². The third kappa shape index (κ3) is 3.30. The van der Waals surface area contributed by atoms with Gasteiger partial charge in [-0.2, -0.15) is 0 Å². The third-order valence-corrected chi connectivity index (χ3v) is 4.74. The van der Waals surface area contributed by atoms with Gasteiger partial charge in [-0.1, -0.05) is 6.07 Å². The van der Waals surface area contributed by atoms with Crippen LogP contribution in [0.15, 0.2) is 29.2 Å². The molecule has 0 aromatic carbocycles. The maximum absolute atomic E-state index is 11.8. The number of nitrogens with zero attached hydrogens (tertiary/aromatic N) is 2. The predicted molar refractivity (Wildman–Crippen MR) is 80.9 cm³/mol. The lowest BCUT2D eigenvalue weighted by molar-refractivity contribution is 0.191. The Balaban J connectivity index is 1.61. The Hall–Kier alpha value is -1.13. The molecule has 1 aromatic heterocycles. The van der Waals surface area contributed by atoms with Gasteiger partial charge >= 0.3 is 0 Å². The highest BCUT2D eigenvalue weighted by molar-refractivity contribution is 4.94. The molecule has 2 unspecified atom stereocenters. The molecular formula is C16H25N3O. The molecule has 1 aliphatic heterocycles.